The van der Waals surface area contributed by atoms with E-state index in [0.717, 1.165) is 18.9 Å². The number of halogens is 2. The summed E-state index contributed by atoms with van der Waals surface area (Å²) in [4.78, 5) is 28.1. The van der Waals surface area contributed by atoms with Crippen molar-refractivity contribution in [2.24, 2.45) is 0 Å². The van der Waals surface area contributed by atoms with Crippen LogP contribution in [-0.2, 0) is 9.53 Å². The monoisotopic (exact) mass is 340 g/mol. The summed E-state index contributed by atoms with van der Waals surface area (Å²) >= 11 is 5.94. The molecule has 0 N–H and O–H groups in total. The van der Waals surface area contributed by atoms with Gasteiger partial charge in [0.2, 0.25) is 0 Å². The Morgan fingerprint density at radius 1 is 1.17 bits per heavy atom. The number of benzene rings is 1. The zero-order valence-corrected chi connectivity index (χ0v) is 13.4. The fourth-order valence-electron chi connectivity index (χ4n) is 2.94. The fourth-order valence-corrected chi connectivity index (χ4v) is 3.19. The number of nitrogens with zero attached hydrogens (tertiary/aromatic N) is 2. The van der Waals surface area contributed by atoms with Gasteiger partial charge in [-0.3, -0.25) is 9.59 Å². The molecule has 2 amide bonds. The van der Waals surface area contributed by atoms with Gasteiger partial charge in [-0.25, -0.2) is 4.39 Å². The lowest BCUT2D eigenvalue weighted by atomic mass is 10.1. The lowest BCUT2D eigenvalue weighted by molar-refractivity contribution is -0.142. The van der Waals surface area contributed by atoms with Gasteiger partial charge < -0.3 is 14.5 Å². The average molecular weight is 341 g/mol. The second-order valence-corrected chi connectivity index (χ2v) is 6.15. The number of amides is 2. The standard InChI is InChI=1S/C16H18ClFN2O3/c17-13-10-11(18)3-4-12(13)15(21)19-5-7-20(8-6-19)16(22)14-2-1-9-23-14/h3-4,10,14H,1-2,5-9H2. The molecule has 7 heteroatoms. The summed E-state index contributed by atoms with van der Waals surface area (Å²) in [6.45, 7) is 2.46. The highest BCUT2D eigenvalue weighted by Crippen LogP contribution is 2.21. The highest BCUT2D eigenvalue weighted by molar-refractivity contribution is 6.33. The van der Waals surface area contributed by atoms with E-state index in [2.05, 4.69) is 0 Å². The number of carbonyl (C=O) groups excluding carboxylic acids is 2. The molecule has 2 aliphatic heterocycles. The molecule has 3 rings (SSSR count). The summed E-state index contributed by atoms with van der Waals surface area (Å²) in [5.41, 5.74) is 0.284. The molecule has 1 atom stereocenters. The Bertz CT molecular complexity index is 611. The molecule has 0 aliphatic carbocycles. The first-order valence-electron chi connectivity index (χ1n) is 7.71. The van der Waals surface area contributed by atoms with E-state index in [1.165, 1.54) is 12.1 Å². The predicted octanol–water partition coefficient (Wildman–Crippen LogP) is 1.94. The maximum Gasteiger partial charge on any atom is 0.255 e. The van der Waals surface area contributed by atoms with Crippen LogP contribution in [0, 0.1) is 5.82 Å². The van der Waals surface area contributed by atoms with E-state index >= 15 is 0 Å². The Kier molecular flexibility index (Phi) is 4.82. The predicted molar refractivity (Wildman–Crippen MR) is 82.9 cm³/mol. The SMILES string of the molecule is O=C(c1ccc(F)cc1Cl)N1CCN(C(=O)C2CCCO2)CC1. The first-order chi connectivity index (χ1) is 11.1. The topological polar surface area (TPSA) is 49.9 Å². The van der Waals surface area contributed by atoms with E-state index in [-0.39, 0.29) is 28.5 Å². The van der Waals surface area contributed by atoms with Crippen LogP contribution in [0.15, 0.2) is 18.2 Å². The molecule has 5 nitrogen and oxygen atoms in total. The average Bonchev–Trinajstić information content (AvgIpc) is 3.08. The number of piperazine rings is 1. The zero-order chi connectivity index (χ0) is 16.4. The van der Waals surface area contributed by atoms with E-state index < -0.39 is 5.82 Å². The van der Waals surface area contributed by atoms with E-state index in [4.69, 9.17) is 16.3 Å². The minimum absolute atomic E-state index is 0.00872. The number of rotatable bonds is 2. The molecule has 2 heterocycles. The molecule has 0 saturated carbocycles. The van der Waals surface area contributed by atoms with Crippen LogP contribution < -0.4 is 0 Å². The third-order valence-corrected chi connectivity index (χ3v) is 4.56. The number of hydrogen-bond acceptors (Lipinski definition) is 3. The maximum absolute atomic E-state index is 13.1. The molecular formula is C16H18ClFN2O3. The summed E-state index contributed by atoms with van der Waals surface area (Å²) in [5.74, 6) is -0.702. The summed E-state index contributed by atoms with van der Waals surface area (Å²) in [6, 6.07) is 3.74. The van der Waals surface area contributed by atoms with Crippen LogP contribution in [0.4, 0.5) is 4.39 Å². The van der Waals surface area contributed by atoms with Crippen molar-refractivity contribution in [2.45, 2.75) is 18.9 Å². The lowest BCUT2D eigenvalue weighted by Gasteiger charge is -2.35. The summed E-state index contributed by atoms with van der Waals surface area (Å²) in [6.07, 6.45) is 1.35. The molecule has 1 unspecified atom stereocenters. The van der Waals surface area contributed by atoms with Crippen LogP contribution in [0.1, 0.15) is 23.2 Å². The summed E-state index contributed by atoms with van der Waals surface area (Å²) < 4.78 is 18.5. The molecule has 23 heavy (non-hydrogen) atoms. The quantitative estimate of drug-likeness (QED) is 0.826. The van der Waals surface area contributed by atoms with Gasteiger partial charge in [-0.15, -0.1) is 0 Å². The molecule has 2 fully saturated rings. The van der Waals surface area contributed by atoms with Gasteiger partial charge in [0.15, 0.2) is 0 Å². The van der Waals surface area contributed by atoms with Gasteiger partial charge in [-0.1, -0.05) is 11.6 Å². The Morgan fingerprint density at radius 3 is 2.48 bits per heavy atom. The van der Waals surface area contributed by atoms with Gasteiger partial charge in [-0.05, 0) is 31.0 Å². The van der Waals surface area contributed by atoms with Crippen molar-refractivity contribution < 1.29 is 18.7 Å². The van der Waals surface area contributed by atoms with Crippen LogP contribution in [0.25, 0.3) is 0 Å². The highest BCUT2D eigenvalue weighted by atomic mass is 35.5. The maximum atomic E-state index is 13.1. The number of hydrogen-bond donors (Lipinski definition) is 0. The van der Waals surface area contributed by atoms with E-state index in [0.29, 0.717) is 32.8 Å². The molecule has 0 aromatic heterocycles. The smallest absolute Gasteiger partial charge is 0.255 e. The molecule has 0 spiro atoms. The van der Waals surface area contributed by atoms with Crippen molar-refractivity contribution in [2.75, 3.05) is 32.8 Å². The van der Waals surface area contributed by atoms with Crippen molar-refractivity contribution in [3.8, 4) is 0 Å². The van der Waals surface area contributed by atoms with Crippen molar-refractivity contribution in [1.82, 2.24) is 9.80 Å². The molecular weight excluding hydrogens is 323 g/mol. The molecule has 1 aromatic carbocycles. The van der Waals surface area contributed by atoms with Crippen LogP contribution in [0.5, 0.6) is 0 Å². The minimum Gasteiger partial charge on any atom is -0.368 e. The summed E-state index contributed by atoms with van der Waals surface area (Å²) in [7, 11) is 0. The van der Waals surface area contributed by atoms with Crippen molar-refractivity contribution in [1.29, 1.82) is 0 Å². The molecule has 0 radical (unpaired) electrons. The van der Waals surface area contributed by atoms with Gasteiger partial charge in [-0.2, -0.15) is 0 Å². The highest BCUT2D eigenvalue weighted by Gasteiger charge is 2.31. The minimum atomic E-state index is -0.474. The van der Waals surface area contributed by atoms with Crippen molar-refractivity contribution in [3.05, 3.63) is 34.6 Å². The molecule has 2 saturated heterocycles. The second-order valence-electron chi connectivity index (χ2n) is 5.74. The Morgan fingerprint density at radius 2 is 1.87 bits per heavy atom. The van der Waals surface area contributed by atoms with E-state index in [9.17, 15) is 14.0 Å². The third kappa shape index (κ3) is 3.48. The first kappa shape index (κ1) is 16.2. The largest absolute Gasteiger partial charge is 0.368 e. The third-order valence-electron chi connectivity index (χ3n) is 4.25. The van der Waals surface area contributed by atoms with Gasteiger partial charge in [0.25, 0.3) is 11.8 Å². The van der Waals surface area contributed by atoms with Crippen LogP contribution in [-0.4, -0.2) is 60.5 Å². The van der Waals surface area contributed by atoms with Gasteiger partial charge >= 0.3 is 0 Å². The Hall–Kier alpha value is -1.66. The van der Waals surface area contributed by atoms with E-state index in [1.807, 2.05) is 0 Å². The van der Waals surface area contributed by atoms with Crippen LogP contribution in [0.3, 0.4) is 0 Å². The van der Waals surface area contributed by atoms with Crippen LogP contribution >= 0.6 is 11.6 Å². The normalized spacial score (nSPS) is 21.6. The summed E-state index contributed by atoms with van der Waals surface area (Å²) in [5, 5.41) is 0.105. The molecule has 124 valence electrons. The Balaban J connectivity index is 1.60. The molecule has 1 aromatic rings. The zero-order valence-electron chi connectivity index (χ0n) is 12.6. The van der Waals surface area contributed by atoms with Gasteiger partial charge in [0.05, 0.1) is 10.6 Å². The van der Waals surface area contributed by atoms with Crippen molar-refractivity contribution in [3.63, 3.8) is 0 Å². The Labute approximate surface area is 138 Å². The lowest BCUT2D eigenvalue weighted by Crippen LogP contribution is -2.52. The fraction of sp³-hybridized carbons (Fsp3) is 0.500. The first-order valence-corrected chi connectivity index (χ1v) is 8.09. The van der Waals surface area contributed by atoms with Crippen molar-refractivity contribution >= 4 is 23.4 Å². The molecule has 0 bridgehead atoms. The molecule has 2 aliphatic rings. The van der Waals surface area contributed by atoms with E-state index in [1.54, 1.807) is 9.80 Å². The number of ether oxygens (including phenoxy) is 1. The van der Waals surface area contributed by atoms with Gasteiger partial charge in [0, 0.05) is 32.8 Å². The van der Waals surface area contributed by atoms with Crippen LogP contribution in [0.2, 0.25) is 5.02 Å². The second kappa shape index (κ2) is 6.84. The van der Waals surface area contributed by atoms with Gasteiger partial charge in [0.1, 0.15) is 11.9 Å². The number of carbonyl (C=O) groups is 2.